The van der Waals surface area contributed by atoms with Crippen LogP contribution in [0, 0.1) is 13.8 Å². The standard InChI is InChI=1S/C19H25N3O4S/c1-13-18(14(2)22(21-13)16-9-11-27(24,25)12-16)19(23)20-10-8-15-6-4-5-7-17(15)26-3/h4-7,16H,8-12H2,1-3H3,(H,20,23)/t16-/m0/s1. The van der Waals surface area contributed by atoms with Crippen LogP contribution in [0.5, 0.6) is 5.75 Å². The zero-order chi connectivity index (χ0) is 19.6. The summed E-state index contributed by atoms with van der Waals surface area (Å²) in [6.07, 6.45) is 1.20. The summed E-state index contributed by atoms with van der Waals surface area (Å²) in [5.41, 5.74) is 2.89. The van der Waals surface area contributed by atoms with Gasteiger partial charge in [0.25, 0.3) is 5.91 Å². The fourth-order valence-corrected chi connectivity index (χ4v) is 5.32. The molecule has 1 saturated heterocycles. The fourth-order valence-electron chi connectivity index (χ4n) is 3.62. The van der Waals surface area contributed by atoms with Crippen LogP contribution in [-0.2, 0) is 16.3 Å². The van der Waals surface area contributed by atoms with Crippen LogP contribution >= 0.6 is 0 Å². The third-order valence-corrected chi connectivity index (χ3v) is 6.73. The molecule has 1 amide bonds. The van der Waals surface area contributed by atoms with Gasteiger partial charge < -0.3 is 10.1 Å². The lowest BCUT2D eigenvalue weighted by Gasteiger charge is -2.12. The number of ether oxygens (including phenoxy) is 1. The Labute approximate surface area is 159 Å². The molecule has 0 radical (unpaired) electrons. The molecule has 7 nitrogen and oxygen atoms in total. The van der Waals surface area contributed by atoms with E-state index in [1.54, 1.807) is 18.7 Å². The molecule has 2 aromatic rings. The highest BCUT2D eigenvalue weighted by molar-refractivity contribution is 7.91. The Morgan fingerprint density at radius 3 is 2.74 bits per heavy atom. The summed E-state index contributed by atoms with van der Waals surface area (Å²) < 4.78 is 30.5. The second kappa shape index (κ2) is 7.72. The largest absolute Gasteiger partial charge is 0.496 e. The van der Waals surface area contributed by atoms with Crippen LogP contribution in [-0.4, -0.2) is 49.3 Å². The van der Waals surface area contributed by atoms with E-state index in [0.717, 1.165) is 11.3 Å². The summed E-state index contributed by atoms with van der Waals surface area (Å²) in [5.74, 6) is 0.877. The topological polar surface area (TPSA) is 90.3 Å². The Balaban J connectivity index is 1.68. The van der Waals surface area contributed by atoms with E-state index in [4.69, 9.17) is 4.74 Å². The van der Waals surface area contributed by atoms with Gasteiger partial charge >= 0.3 is 0 Å². The van der Waals surface area contributed by atoms with Crippen molar-refractivity contribution >= 4 is 15.7 Å². The first-order chi connectivity index (χ1) is 12.8. The minimum absolute atomic E-state index is 0.0871. The summed E-state index contributed by atoms with van der Waals surface area (Å²) in [5, 5.41) is 7.38. The number of nitrogens with one attached hydrogen (secondary N) is 1. The summed E-state index contributed by atoms with van der Waals surface area (Å²) in [4.78, 5) is 12.7. The summed E-state index contributed by atoms with van der Waals surface area (Å²) in [6, 6.07) is 7.52. The van der Waals surface area contributed by atoms with E-state index in [9.17, 15) is 13.2 Å². The fraction of sp³-hybridized carbons (Fsp3) is 0.474. The Morgan fingerprint density at radius 2 is 2.07 bits per heavy atom. The second-order valence-electron chi connectivity index (χ2n) is 6.86. The third kappa shape index (κ3) is 4.16. The van der Waals surface area contributed by atoms with Crippen molar-refractivity contribution in [3.05, 3.63) is 46.8 Å². The molecule has 0 saturated carbocycles. The van der Waals surface area contributed by atoms with E-state index in [0.29, 0.717) is 36.3 Å². The normalized spacial score (nSPS) is 18.4. The molecule has 146 valence electrons. The summed E-state index contributed by atoms with van der Waals surface area (Å²) in [7, 11) is -1.38. The smallest absolute Gasteiger partial charge is 0.255 e. The number of hydrogen-bond donors (Lipinski definition) is 1. The highest BCUT2D eigenvalue weighted by Gasteiger charge is 2.32. The number of nitrogens with zero attached hydrogens (tertiary/aromatic N) is 2. The average molecular weight is 391 g/mol. The van der Waals surface area contributed by atoms with Crippen LogP contribution in [0.25, 0.3) is 0 Å². The van der Waals surface area contributed by atoms with Crippen LogP contribution in [0.15, 0.2) is 24.3 Å². The molecule has 1 aliphatic heterocycles. The number of amides is 1. The van der Waals surface area contributed by atoms with Gasteiger partial charge in [0.2, 0.25) is 0 Å². The van der Waals surface area contributed by atoms with Gasteiger partial charge in [-0.3, -0.25) is 9.48 Å². The van der Waals surface area contributed by atoms with Crippen molar-refractivity contribution in [2.45, 2.75) is 32.7 Å². The second-order valence-corrected chi connectivity index (χ2v) is 9.09. The zero-order valence-corrected chi connectivity index (χ0v) is 16.7. The molecule has 1 fully saturated rings. The average Bonchev–Trinajstić information content (AvgIpc) is 3.13. The van der Waals surface area contributed by atoms with Gasteiger partial charge in [-0.05, 0) is 38.3 Å². The van der Waals surface area contributed by atoms with Crippen molar-refractivity contribution in [2.24, 2.45) is 0 Å². The van der Waals surface area contributed by atoms with Crippen LogP contribution in [0.1, 0.15) is 39.8 Å². The zero-order valence-electron chi connectivity index (χ0n) is 15.9. The molecule has 0 aliphatic carbocycles. The monoisotopic (exact) mass is 391 g/mol. The quantitative estimate of drug-likeness (QED) is 0.811. The number of aryl methyl sites for hydroxylation is 1. The number of sulfone groups is 1. The van der Waals surface area contributed by atoms with Gasteiger partial charge in [-0.2, -0.15) is 5.10 Å². The van der Waals surface area contributed by atoms with E-state index in [-0.39, 0.29) is 23.5 Å². The molecule has 8 heteroatoms. The number of benzene rings is 1. The Hall–Kier alpha value is -2.35. The van der Waals surface area contributed by atoms with Gasteiger partial charge in [0.15, 0.2) is 9.84 Å². The molecule has 1 N–H and O–H groups in total. The summed E-state index contributed by atoms with van der Waals surface area (Å²) in [6.45, 7) is 4.07. The minimum Gasteiger partial charge on any atom is -0.496 e. The van der Waals surface area contributed by atoms with E-state index < -0.39 is 9.84 Å². The van der Waals surface area contributed by atoms with E-state index in [2.05, 4.69) is 10.4 Å². The van der Waals surface area contributed by atoms with Crippen LogP contribution < -0.4 is 10.1 Å². The maximum absolute atomic E-state index is 12.7. The predicted molar refractivity (Wildman–Crippen MR) is 103 cm³/mol. The highest BCUT2D eigenvalue weighted by Crippen LogP contribution is 2.26. The molecule has 1 atom stereocenters. The number of methoxy groups -OCH3 is 1. The number of rotatable bonds is 6. The lowest BCUT2D eigenvalue weighted by molar-refractivity contribution is 0.0952. The number of carbonyl (C=O) groups excluding carboxylic acids is 1. The van der Waals surface area contributed by atoms with Gasteiger partial charge in [0.1, 0.15) is 5.75 Å². The molecule has 0 bridgehead atoms. The van der Waals surface area contributed by atoms with E-state index in [1.807, 2.05) is 31.2 Å². The Morgan fingerprint density at radius 1 is 1.33 bits per heavy atom. The molecule has 1 aromatic carbocycles. The molecule has 1 aliphatic rings. The van der Waals surface area contributed by atoms with Crippen molar-refractivity contribution in [2.75, 3.05) is 25.2 Å². The van der Waals surface area contributed by atoms with Crippen molar-refractivity contribution in [1.29, 1.82) is 0 Å². The first-order valence-corrected chi connectivity index (χ1v) is 10.8. The Bertz CT molecular complexity index is 950. The van der Waals surface area contributed by atoms with Crippen molar-refractivity contribution in [3.63, 3.8) is 0 Å². The van der Waals surface area contributed by atoms with Crippen molar-refractivity contribution in [3.8, 4) is 5.75 Å². The third-order valence-electron chi connectivity index (χ3n) is 4.98. The molecule has 27 heavy (non-hydrogen) atoms. The molecule has 0 spiro atoms. The first kappa shape index (κ1) is 19.4. The van der Waals surface area contributed by atoms with Crippen molar-refractivity contribution < 1.29 is 17.9 Å². The lowest BCUT2D eigenvalue weighted by Crippen LogP contribution is -2.27. The molecule has 3 rings (SSSR count). The van der Waals surface area contributed by atoms with Gasteiger partial charge in [-0.25, -0.2) is 8.42 Å². The lowest BCUT2D eigenvalue weighted by atomic mass is 10.1. The predicted octanol–water partition coefficient (Wildman–Crippen LogP) is 1.84. The number of carbonyl (C=O) groups is 1. The Kier molecular flexibility index (Phi) is 5.55. The summed E-state index contributed by atoms with van der Waals surface area (Å²) >= 11 is 0. The molecule has 0 unspecified atom stereocenters. The number of para-hydroxylation sites is 1. The molecular weight excluding hydrogens is 366 g/mol. The van der Waals surface area contributed by atoms with Gasteiger partial charge in [-0.15, -0.1) is 0 Å². The van der Waals surface area contributed by atoms with Gasteiger partial charge in [0.05, 0.1) is 35.9 Å². The maximum Gasteiger partial charge on any atom is 0.255 e. The highest BCUT2D eigenvalue weighted by atomic mass is 32.2. The SMILES string of the molecule is COc1ccccc1CCNC(=O)c1c(C)nn([C@H]2CCS(=O)(=O)C2)c1C. The number of aromatic nitrogens is 2. The van der Waals surface area contributed by atoms with E-state index >= 15 is 0 Å². The van der Waals surface area contributed by atoms with Crippen LogP contribution in [0.4, 0.5) is 0 Å². The van der Waals surface area contributed by atoms with Crippen molar-refractivity contribution in [1.82, 2.24) is 15.1 Å². The minimum atomic E-state index is -3.01. The number of hydrogen-bond acceptors (Lipinski definition) is 5. The van der Waals surface area contributed by atoms with Gasteiger partial charge in [0, 0.05) is 12.2 Å². The van der Waals surface area contributed by atoms with Crippen LogP contribution in [0.2, 0.25) is 0 Å². The van der Waals surface area contributed by atoms with Crippen LogP contribution in [0.3, 0.4) is 0 Å². The molecular formula is C19H25N3O4S. The molecule has 2 heterocycles. The first-order valence-electron chi connectivity index (χ1n) is 8.98. The molecule has 1 aromatic heterocycles. The van der Waals surface area contributed by atoms with Gasteiger partial charge in [-0.1, -0.05) is 18.2 Å². The van der Waals surface area contributed by atoms with E-state index in [1.165, 1.54) is 0 Å². The maximum atomic E-state index is 12.7.